The Morgan fingerprint density at radius 3 is 2.65 bits per heavy atom. The van der Waals surface area contributed by atoms with E-state index in [-0.39, 0.29) is 5.91 Å². The molecule has 0 bridgehead atoms. The Morgan fingerprint density at radius 1 is 1.10 bits per heavy atom. The van der Waals surface area contributed by atoms with Crippen LogP contribution in [0.15, 0.2) is 54.9 Å². The maximum absolute atomic E-state index is 13.7. The SMILES string of the molecule is COc1ccc(C(=O)N(Cc2cccnc2)c2nc3cc(C)cc(C)c3s2)c(OC)c1. The van der Waals surface area contributed by atoms with Gasteiger partial charge in [0.1, 0.15) is 11.5 Å². The first-order valence-electron chi connectivity index (χ1n) is 9.80. The van der Waals surface area contributed by atoms with Crippen LogP contribution >= 0.6 is 11.3 Å². The number of aromatic nitrogens is 2. The summed E-state index contributed by atoms with van der Waals surface area (Å²) in [6, 6.07) is 13.2. The molecule has 2 aromatic heterocycles. The van der Waals surface area contributed by atoms with Crippen molar-refractivity contribution >= 4 is 32.6 Å². The molecule has 1 amide bonds. The Labute approximate surface area is 185 Å². The van der Waals surface area contributed by atoms with Crippen molar-refractivity contribution in [2.24, 2.45) is 0 Å². The van der Waals surface area contributed by atoms with E-state index in [9.17, 15) is 4.79 Å². The van der Waals surface area contributed by atoms with Gasteiger partial charge in [-0.05, 0) is 54.8 Å². The molecule has 0 N–H and O–H groups in total. The van der Waals surface area contributed by atoms with E-state index >= 15 is 0 Å². The van der Waals surface area contributed by atoms with Crippen LogP contribution in [0.25, 0.3) is 10.2 Å². The van der Waals surface area contributed by atoms with Gasteiger partial charge in [-0.25, -0.2) is 4.98 Å². The third-order valence-corrected chi connectivity index (χ3v) is 6.22. The topological polar surface area (TPSA) is 64.5 Å². The number of aryl methyl sites for hydroxylation is 2. The number of thiazole rings is 1. The van der Waals surface area contributed by atoms with Gasteiger partial charge in [-0.1, -0.05) is 23.5 Å². The molecular weight excluding hydrogens is 410 g/mol. The number of hydrogen-bond donors (Lipinski definition) is 0. The summed E-state index contributed by atoms with van der Waals surface area (Å²) >= 11 is 1.51. The molecule has 0 unspecified atom stereocenters. The number of pyridine rings is 1. The Morgan fingerprint density at radius 2 is 1.94 bits per heavy atom. The quantitative estimate of drug-likeness (QED) is 0.420. The number of carbonyl (C=O) groups excluding carboxylic acids is 1. The summed E-state index contributed by atoms with van der Waals surface area (Å²) in [6.07, 6.45) is 3.47. The molecule has 0 aliphatic rings. The predicted octanol–water partition coefficient (Wildman–Crippen LogP) is 5.17. The van der Waals surface area contributed by atoms with Gasteiger partial charge in [0.2, 0.25) is 0 Å². The molecule has 2 aromatic carbocycles. The lowest BCUT2D eigenvalue weighted by Crippen LogP contribution is -2.30. The maximum Gasteiger partial charge on any atom is 0.264 e. The Kier molecular flexibility index (Phi) is 5.86. The molecule has 2 heterocycles. The lowest BCUT2D eigenvalue weighted by atomic mass is 10.1. The minimum Gasteiger partial charge on any atom is -0.497 e. The van der Waals surface area contributed by atoms with Crippen molar-refractivity contribution in [2.75, 3.05) is 19.1 Å². The van der Waals surface area contributed by atoms with Gasteiger partial charge in [0.25, 0.3) is 5.91 Å². The molecule has 0 aliphatic heterocycles. The highest BCUT2D eigenvalue weighted by molar-refractivity contribution is 7.22. The van der Waals surface area contributed by atoms with Gasteiger partial charge in [0.15, 0.2) is 5.13 Å². The molecule has 31 heavy (non-hydrogen) atoms. The lowest BCUT2D eigenvalue weighted by Gasteiger charge is -2.21. The van der Waals surface area contributed by atoms with Gasteiger partial charge in [0, 0.05) is 18.5 Å². The second-order valence-electron chi connectivity index (χ2n) is 7.25. The largest absolute Gasteiger partial charge is 0.497 e. The minimum absolute atomic E-state index is 0.197. The summed E-state index contributed by atoms with van der Waals surface area (Å²) in [7, 11) is 3.12. The van der Waals surface area contributed by atoms with Crippen LogP contribution in [0.5, 0.6) is 11.5 Å². The van der Waals surface area contributed by atoms with Crippen molar-refractivity contribution < 1.29 is 14.3 Å². The van der Waals surface area contributed by atoms with Gasteiger partial charge in [-0.3, -0.25) is 14.7 Å². The Bertz CT molecular complexity index is 1240. The van der Waals surface area contributed by atoms with Crippen LogP contribution < -0.4 is 14.4 Å². The molecule has 0 saturated heterocycles. The molecule has 0 saturated carbocycles. The van der Waals surface area contributed by atoms with Crippen molar-refractivity contribution in [3.05, 3.63) is 77.1 Å². The molecule has 4 rings (SSSR count). The molecule has 6 nitrogen and oxygen atoms in total. The average Bonchev–Trinajstić information content (AvgIpc) is 3.21. The molecule has 158 valence electrons. The first-order chi connectivity index (χ1) is 15.0. The highest BCUT2D eigenvalue weighted by Gasteiger charge is 2.25. The Balaban J connectivity index is 1.82. The van der Waals surface area contributed by atoms with E-state index in [1.807, 2.05) is 25.1 Å². The number of methoxy groups -OCH3 is 2. The van der Waals surface area contributed by atoms with Crippen LogP contribution in [-0.2, 0) is 6.54 Å². The molecule has 0 spiro atoms. The average molecular weight is 434 g/mol. The van der Waals surface area contributed by atoms with Gasteiger partial charge in [0.05, 0.1) is 36.5 Å². The van der Waals surface area contributed by atoms with Crippen molar-refractivity contribution in [1.82, 2.24) is 9.97 Å². The second-order valence-corrected chi connectivity index (χ2v) is 8.22. The monoisotopic (exact) mass is 433 g/mol. The van der Waals surface area contributed by atoms with Crippen LogP contribution in [0.1, 0.15) is 27.0 Å². The first kappa shape index (κ1) is 20.8. The van der Waals surface area contributed by atoms with Gasteiger partial charge in [-0.15, -0.1) is 0 Å². The number of carbonyl (C=O) groups is 1. The fourth-order valence-corrected chi connectivity index (χ4v) is 4.51. The third kappa shape index (κ3) is 4.22. The lowest BCUT2D eigenvalue weighted by molar-refractivity contribution is 0.0982. The van der Waals surface area contributed by atoms with Gasteiger partial charge in [-0.2, -0.15) is 0 Å². The van der Waals surface area contributed by atoms with E-state index in [2.05, 4.69) is 18.0 Å². The molecular formula is C24H23N3O3S. The summed E-state index contributed by atoms with van der Waals surface area (Å²) < 4.78 is 11.8. The van der Waals surface area contributed by atoms with Crippen molar-refractivity contribution in [3.8, 4) is 11.5 Å². The van der Waals surface area contributed by atoms with E-state index in [1.54, 1.807) is 49.7 Å². The number of nitrogens with zero attached hydrogens (tertiary/aromatic N) is 3. The summed E-state index contributed by atoms with van der Waals surface area (Å²) in [4.78, 5) is 24.4. The molecule has 0 aliphatic carbocycles. The summed E-state index contributed by atoms with van der Waals surface area (Å²) in [5, 5.41) is 0.635. The van der Waals surface area contributed by atoms with Crippen molar-refractivity contribution in [1.29, 1.82) is 0 Å². The zero-order valence-electron chi connectivity index (χ0n) is 17.9. The smallest absolute Gasteiger partial charge is 0.264 e. The molecule has 0 fully saturated rings. The van der Waals surface area contributed by atoms with E-state index < -0.39 is 0 Å². The van der Waals surface area contributed by atoms with Crippen molar-refractivity contribution in [2.45, 2.75) is 20.4 Å². The highest BCUT2D eigenvalue weighted by atomic mass is 32.1. The minimum atomic E-state index is -0.197. The molecule has 0 radical (unpaired) electrons. The normalized spacial score (nSPS) is 10.8. The molecule has 4 aromatic rings. The van der Waals surface area contributed by atoms with Crippen LogP contribution in [0, 0.1) is 13.8 Å². The van der Waals surface area contributed by atoms with Crippen LogP contribution in [0.3, 0.4) is 0 Å². The van der Waals surface area contributed by atoms with Crippen LogP contribution in [-0.4, -0.2) is 30.1 Å². The van der Waals surface area contributed by atoms with E-state index in [0.29, 0.717) is 28.7 Å². The van der Waals surface area contributed by atoms with Crippen molar-refractivity contribution in [3.63, 3.8) is 0 Å². The maximum atomic E-state index is 13.7. The highest BCUT2D eigenvalue weighted by Crippen LogP contribution is 2.35. The number of benzene rings is 2. The van der Waals surface area contributed by atoms with E-state index in [4.69, 9.17) is 14.5 Å². The number of hydrogen-bond acceptors (Lipinski definition) is 6. The predicted molar refractivity (Wildman–Crippen MR) is 123 cm³/mol. The molecule has 7 heteroatoms. The number of amides is 1. The third-order valence-electron chi connectivity index (χ3n) is 4.99. The van der Waals surface area contributed by atoms with Crippen LogP contribution in [0.4, 0.5) is 5.13 Å². The summed E-state index contributed by atoms with van der Waals surface area (Å²) in [5.41, 5.74) is 4.54. The zero-order chi connectivity index (χ0) is 22.0. The van der Waals surface area contributed by atoms with Crippen LogP contribution in [0.2, 0.25) is 0 Å². The number of fused-ring (bicyclic) bond motifs is 1. The fourth-order valence-electron chi connectivity index (χ4n) is 3.50. The van der Waals surface area contributed by atoms with E-state index in [0.717, 1.165) is 26.9 Å². The standard InChI is InChI=1S/C24H23N3O3S/c1-15-10-16(2)22-20(11-15)26-24(31-22)27(14-17-6-5-9-25-13-17)23(28)19-8-7-18(29-3)12-21(19)30-4/h5-13H,14H2,1-4H3. The first-order valence-corrected chi connectivity index (χ1v) is 10.6. The van der Waals surface area contributed by atoms with E-state index in [1.165, 1.54) is 11.3 Å². The Hall–Kier alpha value is -3.45. The number of anilines is 1. The number of ether oxygens (including phenoxy) is 2. The molecule has 0 atom stereocenters. The second kappa shape index (κ2) is 8.73. The van der Waals surface area contributed by atoms with Gasteiger partial charge >= 0.3 is 0 Å². The fraction of sp³-hybridized carbons (Fsp3) is 0.208. The van der Waals surface area contributed by atoms with Gasteiger partial charge < -0.3 is 9.47 Å². The number of rotatable bonds is 6. The summed E-state index contributed by atoms with van der Waals surface area (Å²) in [5.74, 6) is 0.878. The zero-order valence-corrected chi connectivity index (χ0v) is 18.7. The summed E-state index contributed by atoms with van der Waals surface area (Å²) in [6.45, 7) is 4.46.